The molecular formula is C22H21N7O2S. The maximum atomic E-state index is 12.9. The summed E-state index contributed by atoms with van der Waals surface area (Å²) in [6.07, 6.45) is 5.10. The topological polar surface area (TPSA) is 108 Å². The first-order valence-corrected chi connectivity index (χ1v) is 11.1. The minimum atomic E-state index is -0.287. The average Bonchev–Trinajstić information content (AvgIpc) is 3.26. The van der Waals surface area contributed by atoms with E-state index in [4.69, 9.17) is 0 Å². The minimum Gasteiger partial charge on any atom is -0.344 e. The minimum absolute atomic E-state index is 0.0343. The van der Waals surface area contributed by atoms with Gasteiger partial charge in [-0.05, 0) is 31.2 Å². The number of H-pyrrole nitrogens is 1. The predicted molar refractivity (Wildman–Crippen MR) is 123 cm³/mol. The number of thiazole rings is 1. The molecule has 1 N–H and O–H groups in total. The van der Waals surface area contributed by atoms with Crippen LogP contribution in [0.2, 0.25) is 0 Å². The average molecular weight is 448 g/mol. The van der Waals surface area contributed by atoms with Crippen LogP contribution in [0.5, 0.6) is 0 Å². The number of aromatic nitrogens is 5. The van der Waals surface area contributed by atoms with Crippen LogP contribution in [0.25, 0.3) is 21.7 Å². The fraction of sp³-hybridized carbons (Fsp3) is 0.273. The number of rotatable bonds is 4. The van der Waals surface area contributed by atoms with Crippen LogP contribution in [0.15, 0.2) is 47.7 Å². The highest BCUT2D eigenvalue weighted by atomic mass is 32.1. The summed E-state index contributed by atoms with van der Waals surface area (Å²) in [5.41, 5.74) is 2.30. The van der Waals surface area contributed by atoms with Crippen molar-refractivity contribution in [3.63, 3.8) is 0 Å². The first kappa shape index (κ1) is 20.3. The fourth-order valence-electron chi connectivity index (χ4n) is 3.76. The molecule has 162 valence electrons. The number of piperazine rings is 1. The van der Waals surface area contributed by atoms with Crippen LogP contribution >= 0.6 is 11.3 Å². The molecule has 0 saturated carbocycles. The lowest BCUT2D eigenvalue weighted by atomic mass is 10.1. The molecule has 0 spiro atoms. The van der Waals surface area contributed by atoms with Gasteiger partial charge in [-0.3, -0.25) is 14.6 Å². The van der Waals surface area contributed by atoms with Gasteiger partial charge < -0.3 is 14.8 Å². The Balaban J connectivity index is 1.25. The smallest absolute Gasteiger partial charge is 0.255 e. The number of nitrogens with zero attached hydrogens (tertiary/aromatic N) is 6. The molecule has 0 unspecified atom stereocenters. The van der Waals surface area contributed by atoms with Crippen LogP contribution in [-0.2, 0) is 11.2 Å². The molecule has 32 heavy (non-hydrogen) atoms. The van der Waals surface area contributed by atoms with E-state index >= 15 is 0 Å². The van der Waals surface area contributed by atoms with Gasteiger partial charge in [-0.25, -0.2) is 15.0 Å². The number of aromatic amines is 1. The largest absolute Gasteiger partial charge is 0.344 e. The summed E-state index contributed by atoms with van der Waals surface area (Å²) < 4.78 is 0. The Morgan fingerprint density at radius 1 is 1.12 bits per heavy atom. The number of carbonyl (C=O) groups is 1. The maximum absolute atomic E-state index is 12.9. The fourth-order valence-corrected chi connectivity index (χ4v) is 4.72. The Morgan fingerprint density at radius 3 is 2.66 bits per heavy atom. The monoisotopic (exact) mass is 447 g/mol. The molecule has 1 aliphatic heterocycles. The normalized spacial score (nSPS) is 14.2. The van der Waals surface area contributed by atoms with Crippen LogP contribution in [0.1, 0.15) is 11.3 Å². The zero-order valence-corrected chi connectivity index (χ0v) is 18.3. The zero-order valence-electron chi connectivity index (χ0n) is 17.5. The van der Waals surface area contributed by atoms with E-state index in [1.54, 1.807) is 47.8 Å². The Kier molecular flexibility index (Phi) is 5.36. The first-order chi connectivity index (χ1) is 15.6. The number of nitrogens with one attached hydrogen (secondary N) is 1. The molecule has 5 heterocycles. The first-order valence-electron chi connectivity index (χ1n) is 10.3. The van der Waals surface area contributed by atoms with Crippen molar-refractivity contribution in [2.75, 3.05) is 31.1 Å². The number of fused-ring (bicyclic) bond motifs is 1. The molecule has 0 atom stereocenters. The van der Waals surface area contributed by atoms with Gasteiger partial charge in [0.05, 0.1) is 6.42 Å². The van der Waals surface area contributed by atoms with E-state index in [0.29, 0.717) is 43.3 Å². The lowest BCUT2D eigenvalue weighted by molar-refractivity contribution is -0.130. The summed E-state index contributed by atoms with van der Waals surface area (Å²) in [5.74, 6) is 0.385. The summed E-state index contributed by atoms with van der Waals surface area (Å²) in [7, 11) is 0. The number of hydrogen-bond acceptors (Lipinski definition) is 8. The van der Waals surface area contributed by atoms with Gasteiger partial charge >= 0.3 is 0 Å². The molecule has 1 saturated heterocycles. The van der Waals surface area contributed by atoms with Gasteiger partial charge in [0.25, 0.3) is 5.56 Å². The molecule has 0 radical (unpaired) electrons. The summed E-state index contributed by atoms with van der Waals surface area (Å²) in [6, 6.07) is 7.45. The molecule has 1 aliphatic rings. The quantitative estimate of drug-likeness (QED) is 0.510. The van der Waals surface area contributed by atoms with Crippen molar-refractivity contribution < 1.29 is 4.79 Å². The Morgan fingerprint density at radius 2 is 1.94 bits per heavy atom. The van der Waals surface area contributed by atoms with Crippen molar-refractivity contribution >= 4 is 32.7 Å². The number of amides is 1. The molecule has 1 amide bonds. The van der Waals surface area contributed by atoms with Crippen molar-refractivity contribution in [3.8, 4) is 11.4 Å². The van der Waals surface area contributed by atoms with Gasteiger partial charge in [-0.1, -0.05) is 11.3 Å². The van der Waals surface area contributed by atoms with E-state index in [-0.39, 0.29) is 17.9 Å². The Hall–Kier alpha value is -3.66. The van der Waals surface area contributed by atoms with Gasteiger partial charge in [-0.2, -0.15) is 0 Å². The molecular weight excluding hydrogens is 426 g/mol. The van der Waals surface area contributed by atoms with Gasteiger partial charge in [0.1, 0.15) is 16.2 Å². The second-order valence-corrected chi connectivity index (χ2v) is 8.54. The second kappa shape index (κ2) is 8.46. The van der Waals surface area contributed by atoms with E-state index in [1.807, 2.05) is 18.2 Å². The summed E-state index contributed by atoms with van der Waals surface area (Å²) in [5, 5.41) is 0.924. The molecule has 9 nitrogen and oxygen atoms in total. The predicted octanol–water partition coefficient (Wildman–Crippen LogP) is 2.04. The number of hydrogen-bond donors (Lipinski definition) is 1. The molecule has 0 bridgehead atoms. The van der Waals surface area contributed by atoms with Crippen LogP contribution < -0.4 is 10.5 Å². The maximum Gasteiger partial charge on any atom is 0.255 e. The summed E-state index contributed by atoms with van der Waals surface area (Å²) in [6.45, 7) is 4.32. The van der Waals surface area contributed by atoms with Crippen molar-refractivity contribution in [2.45, 2.75) is 13.3 Å². The Labute approximate surface area is 187 Å². The standard InChI is InChI=1S/C22H21N7O2S/c1-14-16(20(31)27-19(25-14)15-4-2-6-23-13-15)12-18(30)28-8-10-29(11-9-28)22-26-17-5-3-7-24-21(17)32-22/h2-7,13H,8-12H2,1H3,(H,25,27,31). The molecule has 10 heteroatoms. The van der Waals surface area contributed by atoms with Crippen molar-refractivity contribution in [1.29, 1.82) is 0 Å². The molecule has 5 rings (SSSR count). The third-order valence-electron chi connectivity index (χ3n) is 5.54. The van der Waals surface area contributed by atoms with Crippen molar-refractivity contribution in [1.82, 2.24) is 29.8 Å². The number of pyridine rings is 2. The van der Waals surface area contributed by atoms with Crippen LogP contribution in [0, 0.1) is 6.92 Å². The Bertz CT molecular complexity index is 1290. The lowest BCUT2D eigenvalue weighted by Crippen LogP contribution is -2.49. The number of carbonyl (C=O) groups excluding carboxylic acids is 1. The zero-order chi connectivity index (χ0) is 22.1. The molecule has 1 fully saturated rings. The highest BCUT2D eigenvalue weighted by Crippen LogP contribution is 2.27. The highest BCUT2D eigenvalue weighted by molar-refractivity contribution is 7.21. The lowest BCUT2D eigenvalue weighted by Gasteiger charge is -2.34. The number of aryl methyl sites for hydroxylation is 1. The third kappa shape index (κ3) is 3.96. The van der Waals surface area contributed by atoms with E-state index in [1.165, 1.54) is 0 Å². The molecule has 4 aromatic rings. The van der Waals surface area contributed by atoms with Gasteiger partial charge in [0.2, 0.25) is 5.91 Å². The van der Waals surface area contributed by atoms with Crippen LogP contribution in [0.4, 0.5) is 5.13 Å². The van der Waals surface area contributed by atoms with Gasteiger partial charge in [-0.15, -0.1) is 0 Å². The summed E-state index contributed by atoms with van der Waals surface area (Å²) >= 11 is 1.56. The highest BCUT2D eigenvalue weighted by Gasteiger charge is 2.24. The summed E-state index contributed by atoms with van der Waals surface area (Å²) in [4.78, 5) is 50.8. The molecule has 0 aromatic carbocycles. The van der Waals surface area contributed by atoms with Crippen molar-refractivity contribution in [2.24, 2.45) is 0 Å². The van der Waals surface area contributed by atoms with E-state index in [0.717, 1.165) is 21.0 Å². The third-order valence-corrected chi connectivity index (χ3v) is 6.58. The molecule has 0 aliphatic carbocycles. The number of anilines is 1. The second-order valence-electron chi connectivity index (χ2n) is 7.59. The van der Waals surface area contributed by atoms with Crippen LogP contribution in [-0.4, -0.2) is 61.9 Å². The van der Waals surface area contributed by atoms with E-state index in [2.05, 4.69) is 29.8 Å². The SMILES string of the molecule is Cc1nc(-c2cccnc2)[nH]c(=O)c1CC(=O)N1CCN(c2nc3cccnc3s2)CC1. The molecule has 4 aromatic heterocycles. The van der Waals surface area contributed by atoms with E-state index < -0.39 is 0 Å². The van der Waals surface area contributed by atoms with E-state index in [9.17, 15) is 9.59 Å². The van der Waals surface area contributed by atoms with Gasteiger partial charge in [0, 0.05) is 61.6 Å². The van der Waals surface area contributed by atoms with Gasteiger partial charge in [0.15, 0.2) is 5.13 Å². The van der Waals surface area contributed by atoms with Crippen molar-refractivity contribution in [3.05, 3.63) is 64.5 Å². The van der Waals surface area contributed by atoms with Crippen LogP contribution in [0.3, 0.4) is 0 Å².